The predicted molar refractivity (Wildman–Crippen MR) is 114 cm³/mol. The van der Waals surface area contributed by atoms with E-state index in [0.717, 1.165) is 0 Å². The third-order valence-electron chi connectivity index (χ3n) is 4.78. The Balaban J connectivity index is 2.54. The van der Waals surface area contributed by atoms with E-state index in [9.17, 15) is 5.11 Å². The van der Waals surface area contributed by atoms with Crippen LogP contribution >= 0.6 is 0 Å². The van der Waals surface area contributed by atoms with E-state index < -0.39 is 14.4 Å². The summed E-state index contributed by atoms with van der Waals surface area (Å²) >= 11 is 0. The molecule has 0 aromatic heterocycles. The second-order valence-corrected chi connectivity index (χ2v) is 12.2. The molecule has 0 bridgehead atoms. The molecule has 1 N–H and O–H groups in total. The van der Waals surface area contributed by atoms with Crippen molar-refractivity contribution in [3.05, 3.63) is 72.8 Å². The summed E-state index contributed by atoms with van der Waals surface area (Å²) in [5.74, 6) is 0. The monoisotopic (exact) mass is 368 g/mol. The molecule has 0 aliphatic carbocycles. The molecule has 0 spiro atoms. The topological polar surface area (TPSA) is 29.5 Å². The molecule has 0 fully saturated rings. The molecule has 0 amide bonds. The van der Waals surface area contributed by atoms with Gasteiger partial charge in [-0.3, -0.25) is 0 Å². The number of allylic oxidation sites excluding steroid dienone is 1. The highest BCUT2D eigenvalue weighted by atomic mass is 28.4. The summed E-state index contributed by atoms with van der Waals surface area (Å²) < 4.78 is 6.94. The molecule has 140 valence electrons. The van der Waals surface area contributed by atoms with E-state index in [-0.39, 0.29) is 11.1 Å². The van der Waals surface area contributed by atoms with Gasteiger partial charge in [0, 0.05) is 12.5 Å². The summed E-state index contributed by atoms with van der Waals surface area (Å²) in [6.07, 6.45) is 3.78. The Morgan fingerprint density at radius 2 is 1.42 bits per heavy atom. The zero-order valence-corrected chi connectivity index (χ0v) is 17.6. The predicted octanol–water partition coefficient (Wildman–Crippen LogP) is 4.28. The number of hydrogen-bond donors (Lipinski definition) is 1. The molecule has 2 aromatic carbocycles. The summed E-state index contributed by atoms with van der Waals surface area (Å²) in [7, 11) is -2.54. The van der Waals surface area contributed by atoms with Gasteiger partial charge >= 0.3 is 0 Å². The fraction of sp³-hybridized carbons (Fsp3) is 0.391. The SMILES string of the molecule is C/C=C/C(O)C[C@@H](C)O[Si](c1ccccc1)(c1ccccc1)C(C)(C)C. The normalized spacial score (nSPS) is 15.2. The molecule has 3 heteroatoms. The zero-order valence-electron chi connectivity index (χ0n) is 16.6. The number of hydrogen-bond acceptors (Lipinski definition) is 2. The van der Waals surface area contributed by atoms with Crippen LogP contribution in [0.4, 0.5) is 0 Å². The molecule has 1 unspecified atom stereocenters. The first-order valence-corrected chi connectivity index (χ1v) is 11.3. The molecule has 0 aliphatic rings. The summed E-state index contributed by atoms with van der Waals surface area (Å²) in [5.41, 5.74) is 0. The zero-order chi connectivity index (χ0) is 19.2. The number of aliphatic hydroxyl groups excluding tert-OH is 1. The molecule has 0 saturated carbocycles. The van der Waals surface area contributed by atoms with Crippen LogP contribution in [0.3, 0.4) is 0 Å². The Morgan fingerprint density at radius 1 is 0.962 bits per heavy atom. The van der Waals surface area contributed by atoms with Crippen LogP contribution in [0.25, 0.3) is 0 Å². The minimum Gasteiger partial charge on any atom is -0.405 e. The Kier molecular flexibility index (Phi) is 6.99. The third-order valence-corrected chi connectivity index (χ3v) is 9.94. The van der Waals surface area contributed by atoms with E-state index in [1.54, 1.807) is 0 Å². The van der Waals surface area contributed by atoms with Crippen LogP contribution in [-0.4, -0.2) is 25.6 Å². The van der Waals surface area contributed by atoms with Crippen molar-refractivity contribution in [3.8, 4) is 0 Å². The Bertz CT molecular complexity index is 650. The quantitative estimate of drug-likeness (QED) is 0.584. The number of benzene rings is 2. The van der Waals surface area contributed by atoms with Gasteiger partial charge in [-0.05, 0) is 29.3 Å². The summed E-state index contributed by atoms with van der Waals surface area (Å²) in [6.45, 7) is 10.8. The van der Waals surface area contributed by atoms with Crippen LogP contribution in [-0.2, 0) is 4.43 Å². The van der Waals surface area contributed by atoms with Crippen molar-refractivity contribution in [2.75, 3.05) is 0 Å². The first-order valence-electron chi connectivity index (χ1n) is 9.41. The fourth-order valence-electron chi connectivity index (χ4n) is 3.68. The van der Waals surface area contributed by atoms with Crippen LogP contribution < -0.4 is 10.4 Å². The van der Waals surface area contributed by atoms with Crippen molar-refractivity contribution < 1.29 is 9.53 Å². The second-order valence-electron chi connectivity index (χ2n) is 7.92. The lowest BCUT2D eigenvalue weighted by Crippen LogP contribution is -2.67. The Morgan fingerprint density at radius 3 is 1.81 bits per heavy atom. The molecule has 0 heterocycles. The van der Waals surface area contributed by atoms with Crippen molar-refractivity contribution >= 4 is 18.7 Å². The summed E-state index contributed by atoms with van der Waals surface area (Å²) in [4.78, 5) is 0. The maximum atomic E-state index is 10.2. The van der Waals surface area contributed by atoms with E-state index >= 15 is 0 Å². The van der Waals surface area contributed by atoms with Gasteiger partial charge in [0.05, 0.1) is 6.10 Å². The molecular weight excluding hydrogens is 336 g/mol. The summed E-state index contributed by atoms with van der Waals surface area (Å²) in [6, 6.07) is 21.2. The molecule has 2 aromatic rings. The maximum absolute atomic E-state index is 10.2. The standard InChI is InChI=1S/C23H32O2Si/c1-6-13-20(24)18-19(2)25-26(23(3,4)5,21-14-9-7-10-15-21)22-16-11-8-12-17-22/h6-17,19-20,24H,18H2,1-5H3/b13-6+/t19-,20?/m1/s1. The van der Waals surface area contributed by atoms with Crippen molar-refractivity contribution in [1.29, 1.82) is 0 Å². The number of aliphatic hydroxyl groups is 1. The van der Waals surface area contributed by atoms with Gasteiger partial charge in [0.2, 0.25) is 0 Å². The van der Waals surface area contributed by atoms with Gasteiger partial charge in [-0.1, -0.05) is 93.6 Å². The largest absolute Gasteiger partial charge is 0.405 e. The molecule has 26 heavy (non-hydrogen) atoms. The van der Waals surface area contributed by atoms with E-state index in [0.29, 0.717) is 6.42 Å². The third kappa shape index (κ3) is 4.53. The minimum atomic E-state index is -2.54. The van der Waals surface area contributed by atoms with Crippen LogP contribution in [0, 0.1) is 0 Å². The van der Waals surface area contributed by atoms with Gasteiger partial charge in [-0.15, -0.1) is 0 Å². The van der Waals surface area contributed by atoms with E-state index in [2.05, 4.69) is 88.4 Å². The summed E-state index contributed by atoms with van der Waals surface area (Å²) in [5, 5.41) is 12.7. The molecular formula is C23H32O2Si. The lowest BCUT2D eigenvalue weighted by Gasteiger charge is -2.44. The van der Waals surface area contributed by atoms with Crippen molar-refractivity contribution in [2.45, 2.75) is 58.3 Å². The molecule has 0 saturated heterocycles. The minimum absolute atomic E-state index is 0.0461. The molecule has 2 nitrogen and oxygen atoms in total. The Hall–Kier alpha value is -1.68. The molecule has 2 rings (SSSR count). The van der Waals surface area contributed by atoms with Gasteiger partial charge in [-0.25, -0.2) is 0 Å². The average Bonchev–Trinajstić information content (AvgIpc) is 2.60. The van der Waals surface area contributed by atoms with Gasteiger partial charge < -0.3 is 9.53 Å². The first kappa shape index (κ1) is 20.6. The molecule has 2 atom stereocenters. The van der Waals surface area contributed by atoms with Crippen LogP contribution in [0.1, 0.15) is 41.0 Å². The highest BCUT2D eigenvalue weighted by Crippen LogP contribution is 2.37. The van der Waals surface area contributed by atoms with Crippen LogP contribution in [0.5, 0.6) is 0 Å². The lowest BCUT2D eigenvalue weighted by molar-refractivity contribution is 0.125. The van der Waals surface area contributed by atoms with Crippen LogP contribution in [0.2, 0.25) is 5.04 Å². The Labute approximate surface area is 159 Å². The lowest BCUT2D eigenvalue weighted by atomic mass is 10.2. The van der Waals surface area contributed by atoms with E-state index in [4.69, 9.17) is 4.43 Å². The first-order chi connectivity index (χ1) is 12.3. The van der Waals surface area contributed by atoms with Gasteiger partial charge in [0.15, 0.2) is 0 Å². The van der Waals surface area contributed by atoms with Gasteiger partial charge in [0.25, 0.3) is 8.32 Å². The highest BCUT2D eigenvalue weighted by Gasteiger charge is 2.50. The number of rotatable bonds is 7. The van der Waals surface area contributed by atoms with Gasteiger partial charge in [0.1, 0.15) is 0 Å². The van der Waals surface area contributed by atoms with E-state index in [1.807, 2.05) is 19.1 Å². The van der Waals surface area contributed by atoms with E-state index in [1.165, 1.54) is 10.4 Å². The average molecular weight is 369 g/mol. The molecule has 0 aliphatic heterocycles. The van der Waals surface area contributed by atoms with Gasteiger partial charge in [-0.2, -0.15) is 0 Å². The van der Waals surface area contributed by atoms with Crippen LogP contribution in [0.15, 0.2) is 72.8 Å². The van der Waals surface area contributed by atoms with Crippen molar-refractivity contribution in [3.63, 3.8) is 0 Å². The van der Waals surface area contributed by atoms with Crippen molar-refractivity contribution in [2.24, 2.45) is 0 Å². The fourth-order valence-corrected chi connectivity index (χ4v) is 8.40. The second kappa shape index (κ2) is 8.80. The van der Waals surface area contributed by atoms with Crippen molar-refractivity contribution in [1.82, 2.24) is 0 Å². The smallest absolute Gasteiger partial charge is 0.261 e. The maximum Gasteiger partial charge on any atom is 0.261 e. The highest BCUT2D eigenvalue weighted by molar-refractivity contribution is 6.99. The molecule has 0 radical (unpaired) electrons.